The Kier molecular flexibility index (Phi) is 6.59. The smallest absolute Gasteiger partial charge is 0.224 e. The van der Waals surface area contributed by atoms with Gasteiger partial charge in [0.1, 0.15) is 5.82 Å². The van der Waals surface area contributed by atoms with Crippen LogP contribution in [0.25, 0.3) is 0 Å². The molecule has 29 heavy (non-hydrogen) atoms. The molecule has 1 fully saturated rings. The summed E-state index contributed by atoms with van der Waals surface area (Å²) in [5, 5.41) is 2.76. The predicted octanol–water partition coefficient (Wildman–Crippen LogP) is 3.10. The molecule has 7 heteroatoms. The zero-order valence-electron chi connectivity index (χ0n) is 16.4. The van der Waals surface area contributed by atoms with Crippen molar-refractivity contribution >= 4 is 29.0 Å². The summed E-state index contributed by atoms with van der Waals surface area (Å²) in [4.78, 5) is 39.6. The van der Waals surface area contributed by atoms with Gasteiger partial charge in [0, 0.05) is 57.3 Å². The highest BCUT2D eigenvalue weighted by Crippen LogP contribution is 2.20. The first-order chi connectivity index (χ1) is 13.9. The van der Waals surface area contributed by atoms with E-state index in [1.54, 1.807) is 13.0 Å². The molecule has 152 valence electrons. The first kappa shape index (κ1) is 20.5. The van der Waals surface area contributed by atoms with Crippen LogP contribution < -0.4 is 10.2 Å². The predicted molar refractivity (Wildman–Crippen MR) is 110 cm³/mol. The van der Waals surface area contributed by atoms with E-state index in [9.17, 15) is 18.8 Å². The first-order valence-electron chi connectivity index (χ1n) is 9.62. The standard InChI is InChI=1S/C22H24FN3O3/c1-16(27)25-12-14-26(15-13-25)18-8-6-17(7-9-18)24-22(29)11-10-21(28)19-4-2-3-5-20(19)23/h2-9H,10-15H2,1H3,(H,24,29). The second-order valence-electron chi connectivity index (χ2n) is 6.99. The molecule has 1 saturated heterocycles. The molecule has 1 N–H and O–H groups in total. The Morgan fingerprint density at radius 3 is 2.21 bits per heavy atom. The van der Waals surface area contributed by atoms with E-state index in [-0.39, 0.29) is 30.2 Å². The van der Waals surface area contributed by atoms with Gasteiger partial charge in [-0.05, 0) is 36.4 Å². The van der Waals surface area contributed by atoms with Gasteiger partial charge < -0.3 is 15.1 Å². The lowest BCUT2D eigenvalue weighted by Gasteiger charge is -2.35. The van der Waals surface area contributed by atoms with Crippen LogP contribution >= 0.6 is 0 Å². The highest BCUT2D eigenvalue weighted by molar-refractivity contribution is 6.00. The minimum Gasteiger partial charge on any atom is -0.368 e. The summed E-state index contributed by atoms with van der Waals surface area (Å²) >= 11 is 0. The van der Waals surface area contributed by atoms with E-state index in [1.807, 2.05) is 29.2 Å². The Morgan fingerprint density at radius 1 is 0.931 bits per heavy atom. The summed E-state index contributed by atoms with van der Waals surface area (Å²) in [6.07, 6.45) is -0.0623. The summed E-state index contributed by atoms with van der Waals surface area (Å²) in [5.41, 5.74) is 1.68. The number of nitrogens with zero attached hydrogens (tertiary/aromatic N) is 2. The third-order valence-corrected chi connectivity index (χ3v) is 4.99. The highest BCUT2D eigenvalue weighted by Gasteiger charge is 2.19. The van der Waals surface area contributed by atoms with E-state index < -0.39 is 11.6 Å². The summed E-state index contributed by atoms with van der Waals surface area (Å²) in [5.74, 6) is -1.16. The summed E-state index contributed by atoms with van der Waals surface area (Å²) in [6.45, 7) is 4.51. The van der Waals surface area contributed by atoms with E-state index in [1.165, 1.54) is 18.2 Å². The van der Waals surface area contributed by atoms with Gasteiger partial charge in [-0.15, -0.1) is 0 Å². The van der Waals surface area contributed by atoms with Gasteiger partial charge in [-0.3, -0.25) is 14.4 Å². The molecule has 0 radical (unpaired) electrons. The number of piperazine rings is 1. The van der Waals surface area contributed by atoms with Crippen molar-refractivity contribution in [3.63, 3.8) is 0 Å². The fourth-order valence-electron chi connectivity index (χ4n) is 3.31. The van der Waals surface area contributed by atoms with E-state index in [0.29, 0.717) is 18.8 Å². The van der Waals surface area contributed by atoms with Crippen molar-refractivity contribution in [2.75, 3.05) is 36.4 Å². The number of carbonyl (C=O) groups excluding carboxylic acids is 3. The van der Waals surface area contributed by atoms with Gasteiger partial charge in [0.25, 0.3) is 0 Å². The Balaban J connectivity index is 1.48. The Hall–Kier alpha value is -3.22. The van der Waals surface area contributed by atoms with Crippen LogP contribution in [0.5, 0.6) is 0 Å². The maximum atomic E-state index is 13.6. The molecule has 1 heterocycles. The van der Waals surface area contributed by atoms with E-state index in [2.05, 4.69) is 10.2 Å². The maximum Gasteiger partial charge on any atom is 0.224 e. The monoisotopic (exact) mass is 397 g/mol. The SMILES string of the molecule is CC(=O)N1CCN(c2ccc(NC(=O)CCC(=O)c3ccccc3F)cc2)CC1. The van der Waals surface area contributed by atoms with Crippen LogP contribution in [0.1, 0.15) is 30.1 Å². The van der Waals surface area contributed by atoms with Gasteiger partial charge >= 0.3 is 0 Å². The summed E-state index contributed by atoms with van der Waals surface area (Å²) < 4.78 is 13.6. The Morgan fingerprint density at radius 2 is 1.59 bits per heavy atom. The van der Waals surface area contributed by atoms with Crippen molar-refractivity contribution < 1.29 is 18.8 Å². The van der Waals surface area contributed by atoms with E-state index >= 15 is 0 Å². The van der Waals surface area contributed by atoms with Crippen molar-refractivity contribution in [3.05, 3.63) is 59.9 Å². The average Bonchev–Trinajstić information content (AvgIpc) is 2.73. The second-order valence-corrected chi connectivity index (χ2v) is 6.99. The molecular weight excluding hydrogens is 373 g/mol. The number of hydrogen-bond donors (Lipinski definition) is 1. The van der Waals surface area contributed by atoms with E-state index in [4.69, 9.17) is 0 Å². The third-order valence-electron chi connectivity index (χ3n) is 4.99. The zero-order valence-corrected chi connectivity index (χ0v) is 16.4. The van der Waals surface area contributed by atoms with Crippen LogP contribution in [-0.4, -0.2) is 48.7 Å². The minimum absolute atomic E-state index is 0.00882. The molecule has 0 aromatic heterocycles. The summed E-state index contributed by atoms with van der Waals surface area (Å²) in [6, 6.07) is 13.2. The van der Waals surface area contributed by atoms with Gasteiger partial charge in [0.2, 0.25) is 11.8 Å². The molecular formula is C22H24FN3O3. The van der Waals surface area contributed by atoms with Gasteiger partial charge in [-0.1, -0.05) is 12.1 Å². The second kappa shape index (κ2) is 9.32. The first-order valence-corrected chi connectivity index (χ1v) is 9.62. The fraction of sp³-hybridized carbons (Fsp3) is 0.318. The molecule has 0 bridgehead atoms. The van der Waals surface area contributed by atoms with Gasteiger partial charge in [0.05, 0.1) is 5.56 Å². The number of anilines is 2. The third kappa shape index (κ3) is 5.40. The molecule has 2 aromatic carbocycles. The topological polar surface area (TPSA) is 69.7 Å². The lowest BCUT2D eigenvalue weighted by molar-refractivity contribution is -0.129. The molecule has 0 spiro atoms. The van der Waals surface area contributed by atoms with Crippen molar-refractivity contribution in [2.45, 2.75) is 19.8 Å². The zero-order chi connectivity index (χ0) is 20.8. The maximum absolute atomic E-state index is 13.6. The van der Waals surface area contributed by atoms with Crippen LogP contribution in [0, 0.1) is 5.82 Å². The lowest BCUT2D eigenvalue weighted by Crippen LogP contribution is -2.48. The van der Waals surface area contributed by atoms with Crippen molar-refractivity contribution in [2.24, 2.45) is 0 Å². The number of benzene rings is 2. The number of amides is 2. The van der Waals surface area contributed by atoms with Crippen LogP contribution in [0.2, 0.25) is 0 Å². The number of halogens is 1. The van der Waals surface area contributed by atoms with Crippen molar-refractivity contribution in [1.29, 1.82) is 0 Å². The molecule has 3 rings (SSSR count). The fourth-order valence-corrected chi connectivity index (χ4v) is 3.31. The molecule has 2 amide bonds. The quantitative estimate of drug-likeness (QED) is 0.761. The number of ketones is 1. The van der Waals surface area contributed by atoms with Crippen molar-refractivity contribution in [1.82, 2.24) is 4.90 Å². The molecule has 0 saturated carbocycles. The largest absolute Gasteiger partial charge is 0.368 e. The van der Waals surface area contributed by atoms with Gasteiger partial charge in [-0.2, -0.15) is 0 Å². The van der Waals surface area contributed by atoms with Crippen LogP contribution in [0.4, 0.5) is 15.8 Å². The Labute approximate surface area is 169 Å². The number of rotatable bonds is 6. The molecule has 1 aliphatic heterocycles. The number of hydrogen-bond acceptors (Lipinski definition) is 4. The molecule has 1 aliphatic rings. The highest BCUT2D eigenvalue weighted by atomic mass is 19.1. The van der Waals surface area contributed by atoms with E-state index in [0.717, 1.165) is 18.8 Å². The minimum atomic E-state index is -0.572. The van der Waals surface area contributed by atoms with Gasteiger partial charge in [0.15, 0.2) is 5.78 Å². The average molecular weight is 397 g/mol. The Bertz CT molecular complexity index is 890. The molecule has 0 aliphatic carbocycles. The van der Waals surface area contributed by atoms with Crippen LogP contribution in [0.15, 0.2) is 48.5 Å². The number of Topliss-reactive ketones (excluding diaryl/α,β-unsaturated/α-hetero) is 1. The summed E-state index contributed by atoms with van der Waals surface area (Å²) in [7, 11) is 0. The molecule has 2 aromatic rings. The number of nitrogens with one attached hydrogen (secondary N) is 1. The molecule has 0 unspecified atom stereocenters. The van der Waals surface area contributed by atoms with Crippen LogP contribution in [0.3, 0.4) is 0 Å². The number of carbonyl (C=O) groups is 3. The van der Waals surface area contributed by atoms with Crippen molar-refractivity contribution in [3.8, 4) is 0 Å². The molecule has 6 nitrogen and oxygen atoms in total. The van der Waals surface area contributed by atoms with Gasteiger partial charge in [-0.25, -0.2) is 4.39 Å². The molecule has 0 atom stereocenters. The normalized spacial score (nSPS) is 13.9. The van der Waals surface area contributed by atoms with Crippen LogP contribution in [-0.2, 0) is 9.59 Å². The lowest BCUT2D eigenvalue weighted by atomic mass is 10.1.